The SMILES string of the molecule is COc1ccc(C(=O)CSc2ncc(CO)n2CC2CCCO2)cc1. The molecule has 0 bridgehead atoms. The van der Waals surface area contributed by atoms with Crippen molar-refractivity contribution >= 4 is 17.5 Å². The second-order valence-corrected chi connectivity index (χ2v) is 6.82. The van der Waals surface area contributed by atoms with Crippen molar-refractivity contribution in [3.05, 3.63) is 41.7 Å². The van der Waals surface area contributed by atoms with Gasteiger partial charge in [0.05, 0.1) is 44.0 Å². The monoisotopic (exact) mass is 362 g/mol. The number of nitrogens with zero attached hydrogens (tertiary/aromatic N) is 2. The average Bonchev–Trinajstić information content (AvgIpc) is 3.30. The van der Waals surface area contributed by atoms with Crippen molar-refractivity contribution < 1.29 is 19.4 Å². The fourth-order valence-corrected chi connectivity index (χ4v) is 3.71. The number of aromatic nitrogens is 2. The van der Waals surface area contributed by atoms with Gasteiger partial charge in [0.15, 0.2) is 10.9 Å². The number of Topliss-reactive ketones (excluding diaryl/α,β-unsaturated/α-hetero) is 1. The Balaban J connectivity index is 1.65. The standard InChI is InChI=1S/C18H22N2O4S/c1-23-15-6-4-13(5-7-15)17(22)12-25-18-19-9-14(11-21)20(18)10-16-3-2-8-24-16/h4-7,9,16,21H,2-3,8,10-12H2,1H3. The third-order valence-corrected chi connectivity index (χ3v) is 5.21. The van der Waals surface area contributed by atoms with Gasteiger partial charge < -0.3 is 19.1 Å². The molecule has 1 fully saturated rings. The van der Waals surface area contributed by atoms with Crippen LogP contribution in [0.15, 0.2) is 35.6 Å². The van der Waals surface area contributed by atoms with Crippen LogP contribution >= 0.6 is 11.8 Å². The Hall–Kier alpha value is -1.83. The van der Waals surface area contributed by atoms with Gasteiger partial charge in [-0.1, -0.05) is 11.8 Å². The number of carbonyl (C=O) groups is 1. The van der Waals surface area contributed by atoms with E-state index in [1.807, 2.05) is 4.57 Å². The number of benzene rings is 1. The van der Waals surface area contributed by atoms with Crippen LogP contribution in [-0.2, 0) is 17.9 Å². The van der Waals surface area contributed by atoms with E-state index in [-0.39, 0.29) is 18.5 Å². The van der Waals surface area contributed by atoms with Gasteiger partial charge in [-0.25, -0.2) is 4.98 Å². The van der Waals surface area contributed by atoms with Crippen molar-refractivity contribution in [2.75, 3.05) is 19.5 Å². The van der Waals surface area contributed by atoms with E-state index in [1.165, 1.54) is 11.8 Å². The van der Waals surface area contributed by atoms with E-state index in [0.29, 0.717) is 17.9 Å². The predicted molar refractivity (Wildman–Crippen MR) is 95.2 cm³/mol. The van der Waals surface area contributed by atoms with Gasteiger partial charge >= 0.3 is 0 Å². The summed E-state index contributed by atoms with van der Waals surface area (Å²) in [6.07, 6.45) is 3.88. The third kappa shape index (κ3) is 4.42. The second-order valence-electron chi connectivity index (χ2n) is 5.88. The fraction of sp³-hybridized carbons (Fsp3) is 0.444. The van der Waals surface area contributed by atoms with E-state index in [2.05, 4.69) is 4.98 Å². The molecule has 1 N–H and O–H groups in total. The van der Waals surface area contributed by atoms with Crippen LogP contribution in [0, 0.1) is 0 Å². The smallest absolute Gasteiger partial charge is 0.173 e. The number of rotatable bonds is 8. The lowest BCUT2D eigenvalue weighted by Crippen LogP contribution is -2.18. The minimum absolute atomic E-state index is 0.0323. The summed E-state index contributed by atoms with van der Waals surface area (Å²) in [7, 11) is 1.60. The molecule has 3 rings (SSSR count). The molecule has 1 aromatic carbocycles. The summed E-state index contributed by atoms with van der Waals surface area (Å²) in [5.74, 6) is 1.05. The molecule has 1 saturated heterocycles. The van der Waals surface area contributed by atoms with Gasteiger partial charge in [0.2, 0.25) is 0 Å². The summed E-state index contributed by atoms with van der Waals surface area (Å²) < 4.78 is 12.7. The van der Waals surface area contributed by atoms with Crippen molar-refractivity contribution in [2.45, 2.75) is 37.3 Å². The minimum atomic E-state index is -0.0767. The van der Waals surface area contributed by atoms with E-state index < -0.39 is 0 Å². The number of imidazole rings is 1. The maximum Gasteiger partial charge on any atom is 0.173 e. The van der Waals surface area contributed by atoms with Crippen LogP contribution in [0.1, 0.15) is 28.9 Å². The van der Waals surface area contributed by atoms with Gasteiger partial charge in [-0.05, 0) is 37.1 Å². The third-order valence-electron chi connectivity index (χ3n) is 4.22. The number of methoxy groups -OCH3 is 1. The number of hydrogen-bond donors (Lipinski definition) is 1. The first-order valence-corrected chi connectivity index (χ1v) is 9.26. The molecule has 25 heavy (non-hydrogen) atoms. The molecule has 0 radical (unpaired) electrons. The van der Waals surface area contributed by atoms with Crippen LogP contribution < -0.4 is 4.74 Å². The highest BCUT2D eigenvalue weighted by atomic mass is 32.2. The molecular weight excluding hydrogens is 340 g/mol. The largest absolute Gasteiger partial charge is 0.497 e. The van der Waals surface area contributed by atoms with Crippen LogP contribution in [0.3, 0.4) is 0 Å². The lowest BCUT2D eigenvalue weighted by molar-refractivity contribution is 0.0930. The van der Waals surface area contributed by atoms with Crippen molar-refractivity contribution in [1.82, 2.24) is 9.55 Å². The number of thioether (sulfide) groups is 1. The van der Waals surface area contributed by atoms with Crippen molar-refractivity contribution in [3.8, 4) is 5.75 Å². The van der Waals surface area contributed by atoms with E-state index in [1.54, 1.807) is 37.6 Å². The number of aliphatic hydroxyl groups is 1. The molecule has 134 valence electrons. The Labute approximate surface area is 151 Å². The molecular formula is C18H22N2O4S. The van der Waals surface area contributed by atoms with Gasteiger partial charge in [0, 0.05) is 12.2 Å². The number of ketones is 1. The van der Waals surface area contributed by atoms with Gasteiger partial charge in [0.1, 0.15) is 5.75 Å². The van der Waals surface area contributed by atoms with Crippen molar-refractivity contribution in [1.29, 1.82) is 0 Å². The molecule has 0 amide bonds. The Morgan fingerprint density at radius 1 is 1.44 bits per heavy atom. The predicted octanol–water partition coefficient (Wildman–Crippen LogP) is 2.54. The lowest BCUT2D eigenvalue weighted by Gasteiger charge is -2.15. The number of carbonyl (C=O) groups excluding carboxylic acids is 1. The summed E-state index contributed by atoms with van der Waals surface area (Å²) in [5.41, 5.74) is 1.39. The highest BCUT2D eigenvalue weighted by molar-refractivity contribution is 7.99. The maximum absolute atomic E-state index is 12.4. The Morgan fingerprint density at radius 3 is 2.88 bits per heavy atom. The molecule has 0 aliphatic carbocycles. The molecule has 2 heterocycles. The quantitative estimate of drug-likeness (QED) is 0.575. The Bertz CT molecular complexity index is 708. The molecule has 1 unspecified atom stereocenters. The molecule has 1 aliphatic rings. The normalized spacial score (nSPS) is 17.0. The van der Waals surface area contributed by atoms with E-state index in [4.69, 9.17) is 9.47 Å². The molecule has 1 atom stereocenters. The average molecular weight is 362 g/mol. The molecule has 2 aromatic rings. The molecule has 1 aliphatic heterocycles. The van der Waals surface area contributed by atoms with Crippen molar-refractivity contribution in [2.24, 2.45) is 0 Å². The summed E-state index contributed by atoms with van der Waals surface area (Å²) >= 11 is 1.38. The topological polar surface area (TPSA) is 73.6 Å². The van der Waals surface area contributed by atoms with Crippen LogP contribution in [-0.4, -0.2) is 46.0 Å². The first kappa shape index (κ1) is 18.0. The number of aliphatic hydroxyl groups excluding tert-OH is 1. The maximum atomic E-state index is 12.4. The summed E-state index contributed by atoms with van der Waals surface area (Å²) in [6, 6.07) is 7.08. The van der Waals surface area contributed by atoms with E-state index in [9.17, 15) is 9.90 Å². The van der Waals surface area contributed by atoms with Crippen molar-refractivity contribution in [3.63, 3.8) is 0 Å². The first-order chi connectivity index (χ1) is 12.2. The zero-order valence-corrected chi connectivity index (χ0v) is 15.0. The van der Waals surface area contributed by atoms with Crippen LogP contribution in [0.4, 0.5) is 0 Å². The molecule has 7 heteroatoms. The Kier molecular flexibility index (Phi) is 6.12. The number of ether oxygens (including phenoxy) is 2. The highest BCUT2D eigenvalue weighted by Crippen LogP contribution is 2.23. The molecule has 0 spiro atoms. The molecule has 0 saturated carbocycles. The summed E-state index contributed by atoms with van der Waals surface area (Å²) in [5, 5.41) is 10.3. The van der Waals surface area contributed by atoms with E-state index in [0.717, 1.165) is 36.0 Å². The summed E-state index contributed by atoms with van der Waals surface area (Å²) in [4.78, 5) is 16.7. The molecule has 6 nitrogen and oxygen atoms in total. The summed E-state index contributed by atoms with van der Waals surface area (Å²) in [6.45, 7) is 1.37. The minimum Gasteiger partial charge on any atom is -0.497 e. The number of hydrogen-bond acceptors (Lipinski definition) is 6. The van der Waals surface area contributed by atoms with Gasteiger partial charge in [-0.3, -0.25) is 4.79 Å². The lowest BCUT2D eigenvalue weighted by atomic mass is 10.1. The van der Waals surface area contributed by atoms with E-state index >= 15 is 0 Å². The highest BCUT2D eigenvalue weighted by Gasteiger charge is 2.20. The van der Waals surface area contributed by atoms with Crippen LogP contribution in [0.25, 0.3) is 0 Å². The van der Waals surface area contributed by atoms with Crippen LogP contribution in [0.2, 0.25) is 0 Å². The first-order valence-electron chi connectivity index (χ1n) is 8.28. The van der Waals surface area contributed by atoms with Gasteiger partial charge in [-0.15, -0.1) is 0 Å². The molecule has 1 aromatic heterocycles. The van der Waals surface area contributed by atoms with Crippen LogP contribution in [0.5, 0.6) is 5.75 Å². The Morgan fingerprint density at radius 2 is 2.24 bits per heavy atom. The zero-order chi connectivity index (χ0) is 17.6. The fourth-order valence-electron chi connectivity index (χ4n) is 2.81. The van der Waals surface area contributed by atoms with Gasteiger partial charge in [0.25, 0.3) is 0 Å². The zero-order valence-electron chi connectivity index (χ0n) is 14.2. The second kappa shape index (κ2) is 8.51. The van der Waals surface area contributed by atoms with Gasteiger partial charge in [-0.2, -0.15) is 0 Å².